The zero-order chi connectivity index (χ0) is 22.4. The van der Waals surface area contributed by atoms with Gasteiger partial charge in [-0.1, -0.05) is 18.2 Å². The van der Waals surface area contributed by atoms with Crippen molar-refractivity contribution in [3.63, 3.8) is 0 Å². The van der Waals surface area contributed by atoms with E-state index in [-0.39, 0.29) is 29.3 Å². The minimum Gasteiger partial charge on any atom is -0.341 e. The molecule has 31 heavy (non-hydrogen) atoms. The maximum atomic E-state index is 13.4. The van der Waals surface area contributed by atoms with Gasteiger partial charge in [0, 0.05) is 37.3 Å². The zero-order valence-electron chi connectivity index (χ0n) is 19.0. The molecule has 1 aromatic rings. The number of likely N-dealkylation sites (tertiary alicyclic amines) is 2. The van der Waals surface area contributed by atoms with Crippen LogP contribution in [0.4, 0.5) is 4.79 Å². The Morgan fingerprint density at radius 3 is 2.10 bits per heavy atom. The number of hydrogen-bond donors (Lipinski definition) is 2. The Labute approximate surface area is 185 Å². The highest BCUT2D eigenvalue weighted by Gasteiger charge is 2.36. The van der Waals surface area contributed by atoms with Crippen molar-refractivity contribution in [2.75, 3.05) is 26.2 Å². The third kappa shape index (κ3) is 6.45. The van der Waals surface area contributed by atoms with Crippen LogP contribution in [-0.2, 0) is 4.79 Å². The van der Waals surface area contributed by atoms with Crippen LogP contribution in [0.2, 0.25) is 0 Å². The van der Waals surface area contributed by atoms with Gasteiger partial charge in [0.15, 0.2) is 0 Å². The van der Waals surface area contributed by atoms with E-state index in [1.54, 1.807) is 12.1 Å². The Morgan fingerprint density at radius 2 is 1.52 bits per heavy atom. The van der Waals surface area contributed by atoms with Crippen LogP contribution in [0.3, 0.4) is 0 Å². The van der Waals surface area contributed by atoms with Gasteiger partial charge in [-0.2, -0.15) is 0 Å². The molecule has 7 heteroatoms. The van der Waals surface area contributed by atoms with Crippen molar-refractivity contribution in [3.8, 4) is 0 Å². The van der Waals surface area contributed by atoms with Crippen molar-refractivity contribution in [3.05, 3.63) is 35.9 Å². The molecule has 1 atom stereocenters. The van der Waals surface area contributed by atoms with E-state index in [1.165, 1.54) is 0 Å². The normalized spacial score (nSPS) is 18.9. The lowest BCUT2D eigenvalue weighted by Gasteiger charge is -2.39. The molecule has 2 aliphatic heterocycles. The summed E-state index contributed by atoms with van der Waals surface area (Å²) < 4.78 is 0. The third-order valence-corrected chi connectivity index (χ3v) is 6.04. The summed E-state index contributed by atoms with van der Waals surface area (Å²) in [5.74, 6) is -0.189. The summed E-state index contributed by atoms with van der Waals surface area (Å²) in [5, 5.41) is 6.04. The van der Waals surface area contributed by atoms with E-state index in [9.17, 15) is 14.4 Å². The monoisotopic (exact) mass is 428 g/mol. The van der Waals surface area contributed by atoms with Crippen LogP contribution in [0.5, 0.6) is 0 Å². The van der Waals surface area contributed by atoms with Crippen molar-refractivity contribution in [2.45, 2.75) is 64.5 Å². The minimum absolute atomic E-state index is 0.0146. The van der Waals surface area contributed by atoms with Crippen molar-refractivity contribution >= 4 is 17.8 Å². The van der Waals surface area contributed by atoms with Crippen molar-refractivity contribution in [2.24, 2.45) is 5.92 Å². The van der Waals surface area contributed by atoms with E-state index >= 15 is 0 Å². The number of piperidine rings is 2. The van der Waals surface area contributed by atoms with Crippen molar-refractivity contribution in [1.29, 1.82) is 0 Å². The SMILES string of the molecule is CC(C)(C)NC(=O)N1CCC([C@@H](NC(=O)c2ccccc2)C(=O)N2CCCCC2)CC1. The van der Waals surface area contributed by atoms with Gasteiger partial charge in [-0.3, -0.25) is 9.59 Å². The molecule has 0 saturated carbocycles. The summed E-state index contributed by atoms with van der Waals surface area (Å²) in [4.78, 5) is 42.5. The summed E-state index contributed by atoms with van der Waals surface area (Å²) in [5.41, 5.74) is 0.269. The second-order valence-corrected chi connectivity index (χ2v) is 9.71. The number of carbonyl (C=O) groups excluding carboxylic acids is 3. The molecule has 7 nitrogen and oxygen atoms in total. The summed E-state index contributed by atoms with van der Waals surface area (Å²) in [6.07, 6.45) is 4.55. The van der Waals surface area contributed by atoms with Crippen LogP contribution in [0.25, 0.3) is 0 Å². The lowest BCUT2D eigenvalue weighted by Crippen LogP contribution is -2.56. The Kier molecular flexibility index (Phi) is 7.57. The Morgan fingerprint density at radius 1 is 0.903 bits per heavy atom. The first-order valence-electron chi connectivity index (χ1n) is 11.5. The van der Waals surface area contributed by atoms with E-state index in [1.807, 2.05) is 48.8 Å². The summed E-state index contributed by atoms with van der Waals surface area (Å²) >= 11 is 0. The van der Waals surface area contributed by atoms with Crippen LogP contribution in [0.15, 0.2) is 30.3 Å². The number of nitrogens with zero attached hydrogens (tertiary/aromatic N) is 2. The number of carbonyl (C=O) groups is 3. The second kappa shape index (κ2) is 10.2. The van der Waals surface area contributed by atoms with Gasteiger partial charge >= 0.3 is 6.03 Å². The average molecular weight is 429 g/mol. The molecular weight excluding hydrogens is 392 g/mol. The first-order chi connectivity index (χ1) is 14.7. The lowest BCUT2D eigenvalue weighted by atomic mass is 9.88. The fraction of sp³-hybridized carbons (Fsp3) is 0.625. The van der Waals surface area contributed by atoms with Gasteiger partial charge in [0.25, 0.3) is 5.91 Å². The minimum atomic E-state index is -0.557. The quantitative estimate of drug-likeness (QED) is 0.773. The maximum Gasteiger partial charge on any atom is 0.317 e. The number of rotatable bonds is 4. The first kappa shape index (κ1) is 23.1. The summed E-state index contributed by atoms with van der Waals surface area (Å²) in [6.45, 7) is 8.56. The molecule has 2 N–H and O–H groups in total. The predicted octanol–water partition coefficient (Wildman–Crippen LogP) is 3.02. The highest BCUT2D eigenvalue weighted by molar-refractivity contribution is 5.97. The highest BCUT2D eigenvalue weighted by Crippen LogP contribution is 2.24. The van der Waals surface area contributed by atoms with Gasteiger partial charge in [0.2, 0.25) is 5.91 Å². The van der Waals surface area contributed by atoms with Crippen molar-refractivity contribution < 1.29 is 14.4 Å². The number of nitrogens with one attached hydrogen (secondary N) is 2. The first-order valence-corrected chi connectivity index (χ1v) is 11.5. The van der Waals surface area contributed by atoms with Gasteiger partial charge in [-0.25, -0.2) is 4.79 Å². The van der Waals surface area contributed by atoms with Crippen LogP contribution in [0.1, 0.15) is 63.2 Å². The average Bonchev–Trinajstić information content (AvgIpc) is 2.77. The predicted molar refractivity (Wildman–Crippen MR) is 121 cm³/mol. The topological polar surface area (TPSA) is 81.8 Å². The van der Waals surface area contributed by atoms with Gasteiger partial charge in [0.1, 0.15) is 6.04 Å². The van der Waals surface area contributed by atoms with Crippen LogP contribution in [-0.4, -0.2) is 65.4 Å². The molecule has 3 rings (SSSR count). The molecule has 0 radical (unpaired) electrons. The summed E-state index contributed by atoms with van der Waals surface area (Å²) in [7, 11) is 0. The largest absolute Gasteiger partial charge is 0.341 e. The van der Waals surface area contributed by atoms with E-state index < -0.39 is 6.04 Å². The van der Waals surface area contributed by atoms with Crippen molar-refractivity contribution in [1.82, 2.24) is 20.4 Å². The number of hydrogen-bond acceptors (Lipinski definition) is 3. The number of urea groups is 1. The molecule has 0 aromatic heterocycles. The standard InChI is InChI=1S/C24H36N4O3/c1-24(2,3)26-23(31)28-16-12-18(13-17-28)20(22(30)27-14-8-5-9-15-27)25-21(29)19-10-6-4-7-11-19/h4,6-7,10-11,18,20H,5,8-9,12-17H2,1-3H3,(H,25,29)(H,26,31)/t20-/m1/s1. The van der Waals surface area contributed by atoms with Gasteiger partial charge in [-0.05, 0) is 70.9 Å². The van der Waals surface area contributed by atoms with Crippen LogP contribution >= 0.6 is 0 Å². The molecule has 4 amide bonds. The fourth-order valence-electron chi connectivity index (χ4n) is 4.34. The maximum absolute atomic E-state index is 13.4. The van der Waals surface area contributed by atoms with E-state index in [0.717, 1.165) is 32.4 Å². The Bertz CT molecular complexity index is 761. The molecule has 0 unspecified atom stereocenters. The molecule has 2 saturated heterocycles. The highest BCUT2D eigenvalue weighted by atomic mass is 16.2. The van der Waals surface area contributed by atoms with Gasteiger partial charge in [-0.15, -0.1) is 0 Å². The smallest absolute Gasteiger partial charge is 0.317 e. The zero-order valence-corrected chi connectivity index (χ0v) is 19.0. The number of benzene rings is 1. The van der Waals surface area contributed by atoms with Crippen LogP contribution in [0, 0.1) is 5.92 Å². The fourth-order valence-corrected chi connectivity index (χ4v) is 4.34. The summed E-state index contributed by atoms with van der Waals surface area (Å²) in [6, 6.07) is 8.41. The Balaban J connectivity index is 1.68. The molecule has 2 fully saturated rings. The molecule has 0 spiro atoms. The number of amides is 4. The molecular formula is C24H36N4O3. The van der Waals surface area contributed by atoms with E-state index in [2.05, 4.69) is 10.6 Å². The van der Waals surface area contributed by atoms with E-state index in [0.29, 0.717) is 31.5 Å². The molecule has 0 aliphatic carbocycles. The lowest BCUT2D eigenvalue weighted by molar-refractivity contribution is -0.136. The molecule has 170 valence electrons. The molecule has 0 bridgehead atoms. The van der Waals surface area contributed by atoms with Gasteiger partial charge in [0.05, 0.1) is 0 Å². The third-order valence-electron chi connectivity index (χ3n) is 6.04. The van der Waals surface area contributed by atoms with Crippen LogP contribution < -0.4 is 10.6 Å². The molecule has 2 aliphatic rings. The van der Waals surface area contributed by atoms with E-state index in [4.69, 9.17) is 0 Å². The second-order valence-electron chi connectivity index (χ2n) is 9.71. The van der Waals surface area contributed by atoms with Gasteiger partial charge < -0.3 is 20.4 Å². The molecule has 2 heterocycles. The Hall–Kier alpha value is -2.57. The molecule has 1 aromatic carbocycles.